The van der Waals surface area contributed by atoms with Crippen LogP contribution in [0.3, 0.4) is 0 Å². The van der Waals surface area contributed by atoms with E-state index in [-0.39, 0.29) is 34.9 Å². The number of aliphatic carboxylic acids is 1. The monoisotopic (exact) mass is 396 g/mol. The van der Waals surface area contributed by atoms with E-state index in [0.717, 1.165) is 22.9 Å². The normalized spacial score (nSPS) is 34.8. The van der Waals surface area contributed by atoms with Crippen LogP contribution in [-0.2, 0) is 9.59 Å². The van der Waals surface area contributed by atoms with E-state index in [0.29, 0.717) is 0 Å². The van der Waals surface area contributed by atoms with Crippen LogP contribution in [-0.4, -0.2) is 60.3 Å². The lowest BCUT2D eigenvalue weighted by Crippen LogP contribution is -2.63. The Morgan fingerprint density at radius 3 is 2.92 bits per heavy atom. The van der Waals surface area contributed by atoms with E-state index in [1.54, 1.807) is 25.0 Å². The second-order valence-electron chi connectivity index (χ2n) is 6.99. The number of aliphatic hydroxyl groups excluding tert-OH is 1. The molecule has 3 aliphatic heterocycles. The van der Waals surface area contributed by atoms with Crippen molar-refractivity contribution in [2.24, 2.45) is 11.8 Å². The number of carboxylic acid groups (broad SMARTS) is 1. The van der Waals surface area contributed by atoms with Crippen molar-refractivity contribution in [3.8, 4) is 0 Å². The number of fused-ring (bicyclic) bond motifs is 1. The Kier molecular flexibility index (Phi) is 4.54. The molecule has 6 atom stereocenters. The molecule has 0 saturated carbocycles. The average Bonchev–Trinajstić information content (AvgIpc) is 3.28. The number of carbonyl (C=O) groups excluding carboxylic acids is 1. The SMILES string of the molecule is C[C@@H](O)[C@H]1C(=O)N2C(C(=O)O)=C(S[C@@H]3CN[C@H](c4ncns4)C3)[C@H](C)[C@H]12. The molecule has 0 aliphatic carbocycles. The maximum atomic E-state index is 12.4. The molecule has 2 fully saturated rings. The number of rotatable bonds is 5. The van der Waals surface area contributed by atoms with Gasteiger partial charge in [-0.2, -0.15) is 4.37 Å². The van der Waals surface area contributed by atoms with Gasteiger partial charge < -0.3 is 20.4 Å². The number of nitrogens with one attached hydrogen (secondary N) is 1. The quantitative estimate of drug-likeness (QED) is 0.627. The van der Waals surface area contributed by atoms with Gasteiger partial charge in [-0.3, -0.25) is 4.79 Å². The fraction of sp³-hybridized carbons (Fsp3) is 0.625. The summed E-state index contributed by atoms with van der Waals surface area (Å²) >= 11 is 2.91. The number of hydrogen-bond acceptors (Lipinski definition) is 8. The minimum atomic E-state index is -1.08. The molecule has 0 bridgehead atoms. The molecule has 0 unspecified atom stereocenters. The van der Waals surface area contributed by atoms with Crippen molar-refractivity contribution in [3.05, 3.63) is 21.9 Å². The Bertz CT molecular complexity index is 766. The largest absolute Gasteiger partial charge is 0.477 e. The van der Waals surface area contributed by atoms with Gasteiger partial charge in [-0.05, 0) is 24.9 Å². The van der Waals surface area contributed by atoms with Gasteiger partial charge in [0.1, 0.15) is 17.0 Å². The molecule has 2 saturated heterocycles. The first kappa shape index (κ1) is 17.9. The van der Waals surface area contributed by atoms with E-state index in [9.17, 15) is 19.8 Å². The molecule has 0 aromatic carbocycles. The van der Waals surface area contributed by atoms with Crippen molar-refractivity contribution < 1.29 is 19.8 Å². The van der Waals surface area contributed by atoms with Gasteiger partial charge in [0, 0.05) is 22.6 Å². The Balaban J connectivity index is 1.54. The number of hydrogen-bond donors (Lipinski definition) is 3. The summed E-state index contributed by atoms with van der Waals surface area (Å²) in [6, 6.07) is -0.126. The molecule has 3 N–H and O–H groups in total. The van der Waals surface area contributed by atoms with Crippen molar-refractivity contribution in [1.82, 2.24) is 19.6 Å². The highest BCUT2D eigenvalue weighted by Gasteiger charge is 2.60. The van der Waals surface area contributed by atoms with Crippen LogP contribution in [0.1, 0.15) is 31.3 Å². The third-order valence-corrected chi connectivity index (χ3v) is 7.66. The molecule has 26 heavy (non-hydrogen) atoms. The van der Waals surface area contributed by atoms with Gasteiger partial charge in [-0.25, -0.2) is 9.78 Å². The molecule has 4 rings (SSSR count). The second-order valence-corrected chi connectivity index (χ2v) is 9.14. The molecule has 3 aliphatic rings. The van der Waals surface area contributed by atoms with Gasteiger partial charge in [0.15, 0.2) is 0 Å². The summed E-state index contributed by atoms with van der Waals surface area (Å²) in [6.45, 7) is 4.28. The van der Waals surface area contributed by atoms with Gasteiger partial charge in [-0.15, -0.1) is 11.8 Å². The van der Waals surface area contributed by atoms with Crippen LogP contribution in [0, 0.1) is 11.8 Å². The van der Waals surface area contributed by atoms with E-state index in [1.807, 2.05) is 6.92 Å². The lowest BCUT2D eigenvalue weighted by molar-refractivity contribution is -0.163. The number of carbonyl (C=O) groups is 2. The number of aromatic nitrogens is 2. The zero-order chi connectivity index (χ0) is 18.6. The van der Waals surface area contributed by atoms with Crippen molar-refractivity contribution in [2.45, 2.75) is 43.7 Å². The smallest absolute Gasteiger partial charge is 0.353 e. The summed E-state index contributed by atoms with van der Waals surface area (Å²) in [7, 11) is 0. The Morgan fingerprint density at radius 2 is 2.31 bits per heavy atom. The predicted octanol–water partition coefficient (Wildman–Crippen LogP) is 0.828. The Morgan fingerprint density at radius 1 is 1.54 bits per heavy atom. The third kappa shape index (κ3) is 2.67. The summed E-state index contributed by atoms with van der Waals surface area (Å²) in [5.74, 6) is -1.98. The summed E-state index contributed by atoms with van der Waals surface area (Å²) in [5, 5.41) is 24.1. The number of carboxylic acids is 1. The standard InChI is InChI=1S/C16H20N4O4S2/c1-6-11-10(7(2)21)15(22)20(11)12(16(23)24)13(6)25-8-3-9(17-4-8)14-18-5-19-26-14/h5-11,17,21H,3-4H2,1-2H3,(H,23,24)/t6-,7-,8+,9+,10-,11-/m1/s1. The zero-order valence-electron chi connectivity index (χ0n) is 14.3. The highest BCUT2D eigenvalue weighted by atomic mass is 32.2. The number of β-lactam (4-membered cyclic amide) rings is 1. The Labute approximate surface area is 158 Å². The highest BCUT2D eigenvalue weighted by Crippen LogP contribution is 2.52. The van der Waals surface area contributed by atoms with Gasteiger partial charge in [0.2, 0.25) is 5.91 Å². The molecule has 0 radical (unpaired) electrons. The van der Waals surface area contributed by atoms with E-state index < -0.39 is 18.0 Å². The fourth-order valence-electron chi connectivity index (χ4n) is 4.17. The summed E-state index contributed by atoms with van der Waals surface area (Å²) in [4.78, 5) is 30.6. The van der Waals surface area contributed by atoms with E-state index >= 15 is 0 Å². The molecule has 8 nitrogen and oxygen atoms in total. The number of aliphatic hydroxyl groups is 1. The minimum Gasteiger partial charge on any atom is -0.477 e. The molecular formula is C16H20N4O4S2. The third-order valence-electron chi connectivity index (χ3n) is 5.37. The van der Waals surface area contributed by atoms with Crippen LogP contribution >= 0.6 is 23.3 Å². The molecular weight excluding hydrogens is 376 g/mol. The number of nitrogens with zero attached hydrogens (tertiary/aromatic N) is 3. The van der Waals surface area contributed by atoms with E-state index in [4.69, 9.17) is 0 Å². The lowest BCUT2D eigenvalue weighted by atomic mass is 9.79. The second kappa shape index (κ2) is 6.59. The van der Waals surface area contributed by atoms with E-state index in [2.05, 4.69) is 14.7 Å². The first-order valence-corrected chi connectivity index (χ1v) is 10.2. The maximum absolute atomic E-state index is 12.4. The van der Waals surface area contributed by atoms with Crippen LogP contribution in [0.2, 0.25) is 0 Å². The van der Waals surface area contributed by atoms with Crippen molar-refractivity contribution in [2.75, 3.05) is 6.54 Å². The van der Waals surface area contributed by atoms with Gasteiger partial charge in [-0.1, -0.05) is 6.92 Å². The van der Waals surface area contributed by atoms with Crippen molar-refractivity contribution >= 4 is 35.2 Å². The number of amides is 1. The summed E-state index contributed by atoms with van der Waals surface area (Å²) < 4.78 is 4.03. The van der Waals surface area contributed by atoms with Crippen LogP contribution in [0.4, 0.5) is 0 Å². The van der Waals surface area contributed by atoms with Gasteiger partial charge in [0.25, 0.3) is 0 Å². The fourth-order valence-corrected chi connectivity index (χ4v) is 6.26. The molecule has 10 heteroatoms. The van der Waals surface area contributed by atoms with Crippen LogP contribution in [0.5, 0.6) is 0 Å². The molecule has 1 amide bonds. The van der Waals surface area contributed by atoms with E-state index in [1.165, 1.54) is 16.4 Å². The van der Waals surface area contributed by atoms with Crippen molar-refractivity contribution in [1.29, 1.82) is 0 Å². The Hall–Kier alpha value is -1.49. The molecule has 4 heterocycles. The minimum absolute atomic E-state index is 0.0914. The van der Waals surface area contributed by atoms with Gasteiger partial charge >= 0.3 is 5.97 Å². The van der Waals surface area contributed by atoms with Crippen LogP contribution < -0.4 is 5.32 Å². The number of thioether (sulfide) groups is 1. The average molecular weight is 396 g/mol. The highest BCUT2D eigenvalue weighted by molar-refractivity contribution is 8.03. The predicted molar refractivity (Wildman–Crippen MR) is 96.3 cm³/mol. The molecule has 1 aromatic heterocycles. The zero-order valence-corrected chi connectivity index (χ0v) is 16.0. The van der Waals surface area contributed by atoms with Crippen molar-refractivity contribution in [3.63, 3.8) is 0 Å². The molecule has 0 spiro atoms. The van der Waals surface area contributed by atoms with Crippen LogP contribution in [0.25, 0.3) is 0 Å². The molecule has 1 aromatic rings. The molecule has 140 valence electrons. The summed E-state index contributed by atoms with van der Waals surface area (Å²) in [6.07, 6.45) is 1.60. The first-order valence-electron chi connectivity index (χ1n) is 8.55. The topological polar surface area (TPSA) is 116 Å². The maximum Gasteiger partial charge on any atom is 0.353 e. The first-order chi connectivity index (χ1) is 12.4. The van der Waals surface area contributed by atoms with Crippen LogP contribution in [0.15, 0.2) is 16.9 Å². The van der Waals surface area contributed by atoms with Gasteiger partial charge in [0.05, 0.1) is 24.1 Å². The summed E-state index contributed by atoms with van der Waals surface area (Å²) in [5.41, 5.74) is 0.0914. The lowest BCUT2D eigenvalue weighted by Gasteiger charge is -2.46.